The highest BCUT2D eigenvalue weighted by Gasteiger charge is 2.37. The largest absolute Gasteiger partial charge is 0.388 e. The molecular weight excluding hydrogens is 332 g/mol. The minimum absolute atomic E-state index is 0.218. The van der Waals surface area contributed by atoms with E-state index in [0.717, 1.165) is 16.5 Å². The van der Waals surface area contributed by atoms with E-state index in [0.29, 0.717) is 17.3 Å². The lowest BCUT2D eigenvalue weighted by molar-refractivity contribution is -0.135. The fraction of sp³-hybridized carbons (Fsp3) is 0.471. The van der Waals surface area contributed by atoms with Gasteiger partial charge in [0.25, 0.3) is 5.91 Å². The van der Waals surface area contributed by atoms with Crippen LogP contribution in [0.15, 0.2) is 18.2 Å². The second-order valence-electron chi connectivity index (χ2n) is 6.07. The molecule has 1 fully saturated rings. The molecule has 24 heavy (non-hydrogen) atoms. The molecule has 1 aromatic carbocycles. The van der Waals surface area contributed by atoms with Crippen LogP contribution in [0, 0.1) is 6.92 Å². The SMILES string of the molecule is CO[C@@H]1COC[C@@H](N(C)C(=O)c2[nH]c3c(Cl)cccc3c2C)[C@@H]1O. The van der Waals surface area contributed by atoms with E-state index < -0.39 is 18.2 Å². The number of carbonyl (C=O) groups is 1. The Bertz CT molecular complexity index is 760. The van der Waals surface area contributed by atoms with Crippen molar-refractivity contribution in [1.29, 1.82) is 0 Å². The smallest absolute Gasteiger partial charge is 0.270 e. The van der Waals surface area contributed by atoms with E-state index in [-0.39, 0.29) is 12.5 Å². The van der Waals surface area contributed by atoms with Crippen LogP contribution in [0.1, 0.15) is 16.1 Å². The summed E-state index contributed by atoms with van der Waals surface area (Å²) in [6.07, 6.45) is -1.25. The molecule has 1 saturated heterocycles. The van der Waals surface area contributed by atoms with Crippen molar-refractivity contribution in [2.45, 2.75) is 25.2 Å². The van der Waals surface area contributed by atoms with Gasteiger partial charge >= 0.3 is 0 Å². The minimum Gasteiger partial charge on any atom is -0.388 e. The average molecular weight is 353 g/mol. The summed E-state index contributed by atoms with van der Waals surface area (Å²) >= 11 is 6.20. The molecule has 7 heteroatoms. The highest BCUT2D eigenvalue weighted by atomic mass is 35.5. The van der Waals surface area contributed by atoms with Crippen LogP contribution < -0.4 is 0 Å². The summed E-state index contributed by atoms with van der Waals surface area (Å²) in [4.78, 5) is 17.5. The van der Waals surface area contributed by atoms with Crippen LogP contribution in [0.5, 0.6) is 0 Å². The van der Waals surface area contributed by atoms with Crippen LogP contribution in [0.4, 0.5) is 0 Å². The van der Waals surface area contributed by atoms with Gasteiger partial charge in [-0.1, -0.05) is 23.7 Å². The molecule has 2 N–H and O–H groups in total. The number of rotatable bonds is 3. The van der Waals surface area contributed by atoms with Crippen molar-refractivity contribution in [2.24, 2.45) is 0 Å². The number of para-hydroxylation sites is 1. The Morgan fingerprint density at radius 2 is 2.21 bits per heavy atom. The van der Waals surface area contributed by atoms with Crippen molar-refractivity contribution in [1.82, 2.24) is 9.88 Å². The molecule has 1 aromatic heterocycles. The number of aliphatic hydroxyl groups excluding tert-OH is 1. The summed E-state index contributed by atoms with van der Waals surface area (Å²) in [6, 6.07) is 5.08. The molecule has 0 bridgehead atoms. The lowest BCUT2D eigenvalue weighted by atomic mass is 10.0. The Labute approximate surface area is 145 Å². The molecule has 3 atom stereocenters. The number of hydrogen-bond donors (Lipinski definition) is 2. The normalized spacial score (nSPS) is 24.3. The molecule has 0 saturated carbocycles. The van der Waals surface area contributed by atoms with E-state index in [2.05, 4.69) is 4.98 Å². The number of aromatic amines is 1. The number of likely N-dealkylation sites (N-methyl/N-ethyl adjacent to an activating group) is 1. The summed E-state index contributed by atoms with van der Waals surface area (Å²) in [7, 11) is 3.18. The van der Waals surface area contributed by atoms with E-state index in [1.165, 1.54) is 12.0 Å². The van der Waals surface area contributed by atoms with Gasteiger partial charge in [0.1, 0.15) is 17.9 Å². The summed E-state index contributed by atoms with van der Waals surface area (Å²) in [5.74, 6) is -0.218. The number of ether oxygens (including phenoxy) is 2. The highest BCUT2D eigenvalue weighted by molar-refractivity contribution is 6.35. The van der Waals surface area contributed by atoms with Gasteiger partial charge in [0.15, 0.2) is 0 Å². The van der Waals surface area contributed by atoms with Crippen molar-refractivity contribution in [3.05, 3.63) is 34.5 Å². The van der Waals surface area contributed by atoms with Gasteiger partial charge in [-0.05, 0) is 18.6 Å². The molecule has 0 aliphatic carbocycles. The van der Waals surface area contributed by atoms with E-state index in [1.54, 1.807) is 13.1 Å². The van der Waals surface area contributed by atoms with Crippen LogP contribution in [0.2, 0.25) is 5.02 Å². The molecule has 0 spiro atoms. The maximum absolute atomic E-state index is 12.9. The van der Waals surface area contributed by atoms with Gasteiger partial charge in [0, 0.05) is 19.5 Å². The summed E-state index contributed by atoms with van der Waals surface area (Å²) < 4.78 is 10.7. The second kappa shape index (κ2) is 6.72. The summed E-state index contributed by atoms with van der Waals surface area (Å²) in [5, 5.41) is 11.9. The quantitative estimate of drug-likeness (QED) is 0.885. The number of halogens is 1. The first-order valence-corrected chi connectivity index (χ1v) is 8.16. The molecule has 3 rings (SSSR count). The number of fused-ring (bicyclic) bond motifs is 1. The lowest BCUT2D eigenvalue weighted by Gasteiger charge is -2.38. The van der Waals surface area contributed by atoms with E-state index in [9.17, 15) is 9.90 Å². The average Bonchev–Trinajstić information content (AvgIpc) is 2.92. The second-order valence-corrected chi connectivity index (χ2v) is 6.48. The van der Waals surface area contributed by atoms with Crippen LogP contribution >= 0.6 is 11.6 Å². The number of aliphatic hydroxyl groups is 1. The lowest BCUT2D eigenvalue weighted by Crippen LogP contribution is -2.56. The van der Waals surface area contributed by atoms with E-state index in [1.807, 2.05) is 19.1 Å². The molecule has 1 aliphatic rings. The number of aromatic nitrogens is 1. The van der Waals surface area contributed by atoms with E-state index in [4.69, 9.17) is 21.1 Å². The van der Waals surface area contributed by atoms with Gasteiger partial charge < -0.3 is 24.5 Å². The van der Waals surface area contributed by atoms with Gasteiger partial charge in [0.2, 0.25) is 0 Å². The van der Waals surface area contributed by atoms with Gasteiger partial charge in [-0.25, -0.2) is 0 Å². The zero-order valence-corrected chi connectivity index (χ0v) is 14.6. The third-order valence-corrected chi connectivity index (χ3v) is 5.04. The standard InChI is InChI=1S/C17H21ClN2O4/c1-9-10-5-4-6-11(18)15(10)19-14(9)17(22)20(2)12-7-24-8-13(23-3)16(12)21/h4-6,12-13,16,19,21H,7-8H2,1-3H3/t12-,13-,16+/m1/s1. The van der Waals surface area contributed by atoms with E-state index >= 15 is 0 Å². The van der Waals surface area contributed by atoms with Crippen molar-refractivity contribution in [3.8, 4) is 0 Å². The first-order valence-electron chi connectivity index (χ1n) is 7.78. The number of amides is 1. The maximum Gasteiger partial charge on any atom is 0.270 e. The van der Waals surface area contributed by atoms with Crippen LogP contribution in [0.25, 0.3) is 10.9 Å². The Balaban J connectivity index is 1.91. The molecule has 0 unspecified atom stereocenters. The van der Waals surface area contributed by atoms with Crippen molar-refractivity contribution < 1.29 is 19.4 Å². The fourth-order valence-corrected chi connectivity index (χ4v) is 3.38. The maximum atomic E-state index is 12.9. The molecule has 0 radical (unpaired) electrons. The number of aryl methyl sites for hydroxylation is 1. The molecule has 1 amide bonds. The number of hydrogen-bond acceptors (Lipinski definition) is 4. The predicted octanol–water partition coefficient (Wildman–Crippen LogP) is 1.98. The van der Waals surface area contributed by atoms with Crippen molar-refractivity contribution in [3.63, 3.8) is 0 Å². The Morgan fingerprint density at radius 1 is 1.46 bits per heavy atom. The van der Waals surface area contributed by atoms with Gasteiger partial charge in [-0.2, -0.15) is 0 Å². The number of nitrogens with one attached hydrogen (secondary N) is 1. The number of carbonyl (C=O) groups excluding carboxylic acids is 1. The zero-order valence-electron chi connectivity index (χ0n) is 13.9. The predicted molar refractivity (Wildman–Crippen MR) is 91.6 cm³/mol. The summed E-state index contributed by atoms with van der Waals surface area (Å²) in [5.41, 5.74) is 2.04. The topological polar surface area (TPSA) is 74.8 Å². The Kier molecular flexibility index (Phi) is 4.83. The molecule has 1 aliphatic heterocycles. The van der Waals surface area contributed by atoms with Gasteiger partial charge in [0.05, 0.1) is 29.8 Å². The third-order valence-electron chi connectivity index (χ3n) is 4.72. The van der Waals surface area contributed by atoms with Gasteiger partial charge in [-0.15, -0.1) is 0 Å². The van der Waals surface area contributed by atoms with Crippen molar-refractivity contribution in [2.75, 3.05) is 27.4 Å². The Hall–Kier alpha value is -1.60. The van der Waals surface area contributed by atoms with Crippen LogP contribution in [-0.2, 0) is 9.47 Å². The van der Waals surface area contributed by atoms with Crippen LogP contribution in [0.3, 0.4) is 0 Å². The van der Waals surface area contributed by atoms with Crippen LogP contribution in [-0.4, -0.2) is 66.5 Å². The molecule has 6 nitrogen and oxygen atoms in total. The molecule has 2 heterocycles. The fourth-order valence-electron chi connectivity index (χ4n) is 3.16. The molecular formula is C17H21ClN2O4. The number of benzene rings is 1. The van der Waals surface area contributed by atoms with Crippen molar-refractivity contribution >= 4 is 28.4 Å². The van der Waals surface area contributed by atoms with Gasteiger partial charge in [-0.3, -0.25) is 4.79 Å². The number of H-pyrrole nitrogens is 1. The first-order chi connectivity index (χ1) is 11.5. The number of nitrogens with zero attached hydrogens (tertiary/aromatic N) is 1. The highest BCUT2D eigenvalue weighted by Crippen LogP contribution is 2.29. The zero-order chi connectivity index (χ0) is 17.4. The number of methoxy groups -OCH3 is 1. The monoisotopic (exact) mass is 352 g/mol. The summed E-state index contributed by atoms with van der Waals surface area (Å²) in [6.45, 7) is 2.46. The minimum atomic E-state index is -0.800. The molecule has 130 valence electrons. The third kappa shape index (κ3) is 2.80. The first kappa shape index (κ1) is 17.2. The molecule has 2 aromatic rings. The Morgan fingerprint density at radius 3 is 2.88 bits per heavy atom.